The first-order valence-corrected chi connectivity index (χ1v) is 6.91. The second-order valence-electron chi connectivity index (χ2n) is 5.32. The van der Waals surface area contributed by atoms with Crippen LogP contribution in [0, 0.1) is 5.92 Å². The lowest BCUT2D eigenvalue weighted by molar-refractivity contribution is -0.117. The van der Waals surface area contributed by atoms with E-state index >= 15 is 0 Å². The zero-order chi connectivity index (χ0) is 14.1. The fraction of sp³-hybridized carbons (Fsp3) is 0.467. The average Bonchev–Trinajstić information content (AvgIpc) is 3.23. The third-order valence-corrected chi connectivity index (χ3v) is 3.78. The van der Waals surface area contributed by atoms with Gasteiger partial charge in [-0.1, -0.05) is 12.1 Å². The summed E-state index contributed by atoms with van der Waals surface area (Å²) in [7, 11) is 1.62. The molecule has 0 aromatic heterocycles. The van der Waals surface area contributed by atoms with E-state index in [1.54, 1.807) is 18.1 Å². The number of fused-ring (bicyclic) bond motifs is 1. The normalized spacial score (nSPS) is 17.2. The van der Waals surface area contributed by atoms with E-state index in [1.165, 1.54) is 0 Å². The molecular weight excluding hydrogens is 256 g/mol. The van der Waals surface area contributed by atoms with E-state index in [1.807, 2.05) is 12.1 Å². The predicted molar refractivity (Wildman–Crippen MR) is 74.4 cm³/mol. The molecule has 0 bridgehead atoms. The van der Waals surface area contributed by atoms with Crippen molar-refractivity contribution in [2.75, 3.05) is 25.6 Å². The Bertz CT molecular complexity index is 552. The minimum atomic E-state index is -0.0243. The molecule has 1 aliphatic heterocycles. The largest absolute Gasteiger partial charge is 0.383 e. The zero-order valence-electron chi connectivity index (χ0n) is 11.5. The summed E-state index contributed by atoms with van der Waals surface area (Å²) in [6.07, 6.45) is 1.91. The highest BCUT2D eigenvalue weighted by molar-refractivity contribution is 6.07. The highest BCUT2D eigenvalue weighted by Gasteiger charge is 2.33. The number of ether oxygens (including phenoxy) is 1. The molecule has 1 fully saturated rings. The molecule has 1 heterocycles. The number of carbonyl (C=O) groups is 2. The summed E-state index contributed by atoms with van der Waals surface area (Å²) in [4.78, 5) is 26.0. The predicted octanol–water partition coefficient (Wildman–Crippen LogP) is 1.64. The smallest absolute Gasteiger partial charge is 0.256 e. The number of methoxy groups -OCH3 is 1. The van der Waals surface area contributed by atoms with Crippen molar-refractivity contribution in [3.63, 3.8) is 0 Å². The van der Waals surface area contributed by atoms with Crippen LogP contribution in [0.3, 0.4) is 0 Å². The van der Waals surface area contributed by atoms with Crippen molar-refractivity contribution in [2.45, 2.75) is 19.4 Å². The summed E-state index contributed by atoms with van der Waals surface area (Å²) >= 11 is 0. The molecule has 0 saturated heterocycles. The molecule has 1 aromatic carbocycles. The van der Waals surface area contributed by atoms with Gasteiger partial charge < -0.3 is 15.0 Å². The number of amides is 2. The van der Waals surface area contributed by atoms with E-state index in [0.29, 0.717) is 30.9 Å². The lowest BCUT2D eigenvalue weighted by Crippen LogP contribution is -2.28. The van der Waals surface area contributed by atoms with E-state index in [4.69, 9.17) is 4.74 Å². The Kier molecular flexibility index (Phi) is 3.44. The van der Waals surface area contributed by atoms with Crippen LogP contribution in [0.25, 0.3) is 0 Å². The van der Waals surface area contributed by atoms with E-state index < -0.39 is 0 Å². The molecule has 5 heteroatoms. The van der Waals surface area contributed by atoms with Gasteiger partial charge in [-0.05, 0) is 24.5 Å². The summed E-state index contributed by atoms with van der Waals surface area (Å²) in [6.45, 7) is 1.67. The van der Waals surface area contributed by atoms with E-state index in [0.717, 1.165) is 18.4 Å². The number of hydrogen-bond donors (Lipinski definition) is 1. The molecular formula is C15H18N2O3. The SMILES string of the molecule is COCCN1Cc2cccc(NC(=O)C3CC3)c2C1=O. The van der Waals surface area contributed by atoms with Crippen molar-refractivity contribution in [1.82, 2.24) is 4.90 Å². The Morgan fingerprint density at radius 2 is 2.25 bits per heavy atom. The van der Waals surface area contributed by atoms with Gasteiger partial charge >= 0.3 is 0 Å². The van der Waals surface area contributed by atoms with Crippen molar-refractivity contribution in [3.8, 4) is 0 Å². The Labute approximate surface area is 117 Å². The summed E-state index contributed by atoms with van der Waals surface area (Å²) in [5, 5.41) is 2.89. The molecule has 2 amide bonds. The minimum Gasteiger partial charge on any atom is -0.383 e. The lowest BCUT2D eigenvalue weighted by Gasteiger charge is -2.14. The van der Waals surface area contributed by atoms with Crippen LogP contribution in [-0.2, 0) is 16.1 Å². The maximum absolute atomic E-state index is 12.4. The van der Waals surface area contributed by atoms with E-state index in [9.17, 15) is 9.59 Å². The van der Waals surface area contributed by atoms with Gasteiger partial charge in [-0.2, -0.15) is 0 Å². The van der Waals surface area contributed by atoms with Gasteiger partial charge in [0.15, 0.2) is 0 Å². The highest BCUT2D eigenvalue weighted by atomic mass is 16.5. The maximum Gasteiger partial charge on any atom is 0.256 e. The van der Waals surface area contributed by atoms with Gasteiger partial charge in [0.2, 0.25) is 5.91 Å². The van der Waals surface area contributed by atoms with Crippen LogP contribution < -0.4 is 5.32 Å². The van der Waals surface area contributed by atoms with Crippen molar-refractivity contribution in [1.29, 1.82) is 0 Å². The highest BCUT2D eigenvalue weighted by Crippen LogP contribution is 2.33. The number of rotatable bonds is 5. The molecule has 1 saturated carbocycles. The van der Waals surface area contributed by atoms with Crippen LogP contribution in [0.1, 0.15) is 28.8 Å². The minimum absolute atomic E-state index is 0.0243. The maximum atomic E-state index is 12.4. The van der Waals surface area contributed by atoms with Gasteiger partial charge in [0.05, 0.1) is 17.9 Å². The van der Waals surface area contributed by atoms with Crippen molar-refractivity contribution in [3.05, 3.63) is 29.3 Å². The monoisotopic (exact) mass is 274 g/mol. The Morgan fingerprint density at radius 1 is 1.45 bits per heavy atom. The number of carbonyl (C=O) groups excluding carboxylic acids is 2. The summed E-state index contributed by atoms with van der Waals surface area (Å²) in [5.74, 6) is 0.136. The molecule has 106 valence electrons. The molecule has 1 aliphatic carbocycles. The van der Waals surface area contributed by atoms with E-state index in [2.05, 4.69) is 5.32 Å². The third kappa shape index (κ3) is 2.41. The number of benzene rings is 1. The summed E-state index contributed by atoms with van der Waals surface area (Å²) < 4.78 is 5.02. The Hall–Kier alpha value is -1.88. The van der Waals surface area contributed by atoms with E-state index in [-0.39, 0.29) is 17.7 Å². The Morgan fingerprint density at radius 3 is 2.95 bits per heavy atom. The topological polar surface area (TPSA) is 58.6 Å². The average molecular weight is 274 g/mol. The number of hydrogen-bond acceptors (Lipinski definition) is 3. The first-order chi connectivity index (χ1) is 9.70. The van der Waals surface area contributed by atoms with Gasteiger partial charge in [-0.15, -0.1) is 0 Å². The fourth-order valence-corrected chi connectivity index (χ4v) is 2.49. The molecule has 0 radical (unpaired) electrons. The molecule has 20 heavy (non-hydrogen) atoms. The first-order valence-electron chi connectivity index (χ1n) is 6.91. The molecule has 0 atom stereocenters. The lowest BCUT2D eigenvalue weighted by atomic mass is 10.1. The standard InChI is InChI=1S/C15H18N2O3/c1-20-8-7-17-9-11-3-2-4-12(13(11)15(17)19)16-14(18)10-5-6-10/h2-4,10H,5-9H2,1H3,(H,16,18). The van der Waals surface area contributed by atoms with Gasteiger partial charge in [0.25, 0.3) is 5.91 Å². The second-order valence-corrected chi connectivity index (χ2v) is 5.32. The van der Waals surface area contributed by atoms with Crippen LogP contribution in [0.5, 0.6) is 0 Å². The number of nitrogens with zero attached hydrogens (tertiary/aromatic N) is 1. The van der Waals surface area contributed by atoms with Crippen molar-refractivity contribution in [2.24, 2.45) is 5.92 Å². The quantitative estimate of drug-likeness (QED) is 0.888. The first kappa shape index (κ1) is 13.1. The molecule has 1 N–H and O–H groups in total. The van der Waals surface area contributed by atoms with Crippen LogP contribution in [0.15, 0.2) is 18.2 Å². The van der Waals surface area contributed by atoms with Gasteiger partial charge in [0.1, 0.15) is 0 Å². The fourth-order valence-electron chi connectivity index (χ4n) is 2.49. The molecule has 0 spiro atoms. The van der Waals surface area contributed by atoms with Crippen LogP contribution in [-0.4, -0.2) is 37.0 Å². The van der Waals surface area contributed by atoms with Gasteiger partial charge in [0, 0.05) is 26.1 Å². The molecule has 5 nitrogen and oxygen atoms in total. The van der Waals surface area contributed by atoms with Crippen LogP contribution >= 0.6 is 0 Å². The Balaban J connectivity index is 1.80. The van der Waals surface area contributed by atoms with Crippen molar-refractivity contribution < 1.29 is 14.3 Å². The number of nitrogens with one attached hydrogen (secondary N) is 1. The second kappa shape index (κ2) is 5.25. The third-order valence-electron chi connectivity index (χ3n) is 3.78. The van der Waals surface area contributed by atoms with Crippen molar-refractivity contribution >= 4 is 17.5 Å². The summed E-state index contributed by atoms with van der Waals surface area (Å²) in [6, 6.07) is 5.62. The zero-order valence-corrected chi connectivity index (χ0v) is 11.5. The summed E-state index contributed by atoms with van der Waals surface area (Å²) in [5.41, 5.74) is 2.25. The molecule has 0 unspecified atom stereocenters. The van der Waals surface area contributed by atoms with Crippen LogP contribution in [0.4, 0.5) is 5.69 Å². The number of anilines is 1. The molecule has 2 aliphatic rings. The van der Waals surface area contributed by atoms with Gasteiger partial charge in [-0.25, -0.2) is 0 Å². The van der Waals surface area contributed by atoms with Crippen LogP contribution in [0.2, 0.25) is 0 Å². The van der Waals surface area contributed by atoms with Gasteiger partial charge in [-0.3, -0.25) is 9.59 Å². The molecule has 1 aromatic rings. The molecule has 3 rings (SSSR count).